The van der Waals surface area contributed by atoms with E-state index in [0.29, 0.717) is 13.1 Å². The number of carbonyl (C=O) groups excluding carboxylic acids is 1. The maximum atomic E-state index is 12.4. The summed E-state index contributed by atoms with van der Waals surface area (Å²) >= 11 is 0. The number of nitrogens with zero attached hydrogens (tertiary/aromatic N) is 1. The summed E-state index contributed by atoms with van der Waals surface area (Å²) in [7, 11) is 0. The number of rotatable bonds is 1. The van der Waals surface area contributed by atoms with Gasteiger partial charge in [0.25, 0.3) is 0 Å². The highest BCUT2D eigenvalue weighted by Gasteiger charge is 2.45. The number of hydrogen-bond acceptors (Lipinski definition) is 3. The Morgan fingerprint density at radius 1 is 1.47 bits per heavy atom. The third kappa shape index (κ3) is 1.56. The van der Waals surface area contributed by atoms with Crippen LogP contribution >= 0.6 is 0 Å². The summed E-state index contributed by atoms with van der Waals surface area (Å²) in [5.74, 6) is -0.0606. The quantitative estimate of drug-likeness (QED) is 0.651. The Balaban J connectivity index is 2.30. The lowest BCUT2D eigenvalue weighted by Gasteiger charge is -2.17. The average Bonchev–Trinajstić information content (AvgIpc) is 2.67. The van der Waals surface area contributed by atoms with E-state index in [1.807, 2.05) is 0 Å². The molecule has 0 aromatic heterocycles. The van der Waals surface area contributed by atoms with Gasteiger partial charge in [0, 0.05) is 18.7 Å². The summed E-state index contributed by atoms with van der Waals surface area (Å²) in [6.07, 6.45) is -4.73. The van der Waals surface area contributed by atoms with Gasteiger partial charge in [-0.15, -0.1) is 0 Å². The largest absolute Gasteiger partial charge is 0.407 e. The lowest BCUT2D eigenvalue weighted by Crippen LogP contribution is -2.39. The van der Waals surface area contributed by atoms with Gasteiger partial charge in [-0.25, -0.2) is 0 Å². The molecule has 84 valence electrons. The van der Waals surface area contributed by atoms with Crippen LogP contribution in [0.4, 0.5) is 13.2 Å². The molecule has 0 bridgehead atoms. The van der Waals surface area contributed by atoms with E-state index < -0.39 is 12.2 Å². The highest BCUT2D eigenvalue weighted by Crippen LogP contribution is 2.33. The molecule has 0 aromatic carbocycles. The summed E-state index contributed by atoms with van der Waals surface area (Å²) in [5, 5.41) is 2.76. The molecule has 1 atom stereocenters. The van der Waals surface area contributed by atoms with Crippen LogP contribution in [0.1, 0.15) is 6.42 Å². The molecule has 7 heteroatoms. The van der Waals surface area contributed by atoms with Crippen molar-refractivity contribution in [3.8, 4) is 0 Å². The van der Waals surface area contributed by atoms with E-state index in [0.717, 1.165) is 0 Å². The van der Waals surface area contributed by atoms with Crippen molar-refractivity contribution in [2.24, 2.45) is 5.73 Å². The molecule has 4 nitrogen and oxygen atoms in total. The van der Waals surface area contributed by atoms with E-state index in [2.05, 4.69) is 5.32 Å². The zero-order chi connectivity index (χ0) is 11.2. The monoisotopic (exact) mass is 221 g/mol. The summed E-state index contributed by atoms with van der Waals surface area (Å²) in [6, 6.07) is -2.05. The minimum atomic E-state index is -4.50. The number of carbonyl (C=O) groups is 1. The van der Waals surface area contributed by atoms with Crippen LogP contribution in [-0.4, -0.2) is 36.1 Å². The lowest BCUT2D eigenvalue weighted by atomic mass is 10.1. The molecule has 1 amide bonds. The molecule has 3 N–H and O–H groups in total. The van der Waals surface area contributed by atoms with Gasteiger partial charge >= 0.3 is 6.18 Å². The van der Waals surface area contributed by atoms with Crippen molar-refractivity contribution in [2.45, 2.75) is 18.6 Å². The molecule has 2 rings (SSSR count). The van der Waals surface area contributed by atoms with Crippen LogP contribution in [0.25, 0.3) is 0 Å². The van der Waals surface area contributed by atoms with Gasteiger partial charge in [-0.05, 0) is 0 Å². The highest BCUT2D eigenvalue weighted by molar-refractivity contribution is 5.85. The molecule has 0 aliphatic carbocycles. The molecule has 15 heavy (non-hydrogen) atoms. The van der Waals surface area contributed by atoms with Crippen LogP contribution in [0.3, 0.4) is 0 Å². The fraction of sp³-hybridized carbons (Fsp3) is 0.625. The molecule has 2 aliphatic rings. The summed E-state index contributed by atoms with van der Waals surface area (Å²) in [5.41, 5.74) is 5.02. The zero-order valence-electron chi connectivity index (χ0n) is 7.77. The van der Waals surface area contributed by atoms with Gasteiger partial charge in [0.1, 0.15) is 11.9 Å². The Kier molecular flexibility index (Phi) is 2.14. The van der Waals surface area contributed by atoms with Gasteiger partial charge in [0.05, 0.1) is 6.42 Å². The van der Waals surface area contributed by atoms with Gasteiger partial charge in [0.15, 0.2) is 0 Å². The molecule has 1 fully saturated rings. The number of amides is 1. The maximum Gasteiger partial charge on any atom is 0.407 e. The fourth-order valence-corrected chi connectivity index (χ4v) is 1.83. The van der Waals surface area contributed by atoms with Crippen molar-refractivity contribution in [1.82, 2.24) is 10.2 Å². The van der Waals surface area contributed by atoms with E-state index in [1.54, 1.807) is 0 Å². The number of alkyl halides is 3. The second-order valence-electron chi connectivity index (χ2n) is 3.54. The van der Waals surface area contributed by atoms with E-state index in [9.17, 15) is 18.0 Å². The van der Waals surface area contributed by atoms with Crippen molar-refractivity contribution in [3.63, 3.8) is 0 Å². The Morgan fingerprint density at radius 3 is 2.73 bits per heavy atom. The molecule has 0 aromatic rings. The fourth-order valence-electron chi connectivity index (χ4n) is 1.83. The first-order valence-electron chi connectivity index (χ1n) is 4.51. The van der Waals surface area contributed by atoms with Gasteiger partial charge in [-0.3, -0.25) is 9.69 Å². The van der Waals surface area contributed by atoms with Crippen molar-refractivity contribution in [2.75, 3.05) is 13.1 Å². The van der Waals surface area contributed by atoms with E-state index in [-0.39, 0.29) is 23.7 Å². The average molecular weight is 221 g/mol. The predicted octanol–water partition coefficient (Wildman–Crippen LogP) is -0.0769. The Morgan fingerprint density at radius 2 is 2.13 bits per heavy atom. The molecular formula is C8H10F3N3O. The minimum Gasteiger partial charge on any atom is -0.370 e. The van der Waals surface area contributed by atoms with Crippen LogP contribution in [0.5, 0.6) is 0 Å². The molecule has 0 radical (unpaired) electrons. The predicted molar refractivity (Wildman–Crippen MR) is 45.4 cm³/mol. The Labute approximate surface area is 83.9 Å². The standard InChI is InChI=1S/C8H10F3N3O/c9-8(10,11)6(12)4-3-5(15)14-2-1-13-7(4)14/h6,13H,1-3,12H2. The molecule has 1 unspecified atom stereocenters. The SMILES string of the molecule is NC(C1=C2NCCN2C(=O)C1)C(F)(F)F. The van der Waals surface area contributed by atoms with E-state index in [4.69, 9.17) is 5.73 Å². The van der Waals surface area contributed by atoms with Crippen LogP contribution in [-0.2, 0) is 4.79 Å². The molecule has 1 saturated heterocycles. The lowest BCUT2D eigenvalue weighted by molar-refractivity contribution is -0.140. The maximum absolute atomic E-state index is 12.4. The third-order valence-corrected chi connectivity index (χ3v) is 2.57. The number of halogens is 3. The zero-order valence-corrected chi connectivity index (χ0v) is 7.77. The van der Waals surface area contributed by atoms with Crippen LogP contribution in [0, 0.1) is 0 Å². The van der Waals surface area contributed by atoms with Crippen molar-refractivity contribution in [3.05, 3.63) is 11.4 Å². The topological polar surface area (TPSA) is 58.4 Å². The summed E-state index contributed by atoms with van der Waals surface area (Å²) in [4.78, 5) is 12.6. The van der Waals surface area contributed by atoms with Crippen LogP contribution < -0.4 is 11.1 Å². The first-order chi connectivity index (χ1) is 6.91. The highest BCUT2D eigenvalue weighted by atomic mass is 19.4. The first-order valence-corrected chi connectivity index (χ1v) is 4.51. The van der Waals surface area contributed by atoms with Crippen molar-refractivity contribution >= 4 is 5.91 Å². The molecule has 0 saturated carbocycles. The van der Waals surface area contributed by atoms with Gasteiger partial charge in [-0.2, -0.15) is 13.2 Å². The minimum absolute atomic E-state index is 0.0509. The normalized spacial score (nSPS) is 23.2. The van der Waals surface area contributed by atoms with E-state index in [1.165, 1.54) is 4.90 Å². The van der Waals surface area contributed by atoms with Gasteiger partial charge in [-0.1, -0.05) is 0 Å². The number of nitrogens with one attached hydrogen (secondary N) is 1. The number of hydrogen-bond donors (Lipinski definition) is 2. The van der Waals surface area contributed by atoms with Crippen LogP contribution in [0.15, 0.2) is 11.4 Å². The van der Waals surface area contributed by atoms with E-state index >= 15 is 0 Å². The molecule has 2 heterocycles. The molecular weight excluding hydrogens is 211 g/mol. The summed E-state index contributed by atoms with van der Waals surface area (Å²) in [6.45, 7) is 0.900. The number of nitrogens with two attached hydrogens (primary N) is 1. The number of fused-ring (bicyclic) bond motifs is 1. The smallest absolute Gasteiger partial charge is 0.370 e. The van der Waals surface area contributed by atoms with Crippen molar-refractivity contribution < 1.29 is 18.0 Å². The van der Waals surface area contributed by atoms with Crippen LogP contribution in [0.2, 0.25) is 0 Å². The summed E-state index contributed by atoms with van der Waals surface area (Å²) < 4.78 is 37.1. The third-order valence-electron chi connectivity index (χ3n) is 2.57. The van der Waals surface area contributed by atoms with Gasteiger partial charge < -0.3 is 11.1 Å². The Bertz CT molecular complexity index is 337. The Hall–Kier alpha value is -1.24. The first kappa shape index (κ1) is 10.3. The second-order valence-corrected chi connectivity index (χ2v) is 3.54. The van der Waals surface area contributed by atoms with Crippen molar-refractivity contribution in [1.29, 1.82) is 0 Å². The molecule has 2 aliphatic heterocycles. The molecule has 0 spiro atoms. The van der Waals surface area contributed by atoms with Gasteiger partial charge in [0.2, 0.25) is 5.91 Å². The second kappa shape index (κ2) is 3.13.